The van der Waals surface area contributed by atoms with Gasteiger partial charge in [0, 0.05) is 12.1 Å². The van der Waals surface area contributed by atoms with E-state index in [-0.39, 0.29) is 5.54 Å². The van der Waals surface area contributed by atoms with Crippen molar-refractivity contribution in [1.29, 1.82) is 0 Å². The molecule has 0 aliphatic rings. The zero-order valence-corrected chi connectivity index (χ0v) is 9.98. The van der Waals surface area contributed by atoms with Crippen LogP contribution in [0.4, 0.5) is 0 Å². The Hall–Kier alpha value is -0.0800. The highest BCUT2D eigenvalue weighted by Crippen LogP contribution is 2.04. The SMILES string of the molecule is CC(C)C(C)OCCNC(C)(C)C. The highest BCUT2D eigenvalue weighted by atomic mass is 16.5. The molecule has 0 aromatic heterocycles. The fourth-order valence-corrected chi connectivity index (χ4v) is 0.863. The standard InChI is InChI=1S/C11H25NO/c1-9(2)10(3)13-8-7-12-11(4,5)6/h9-10,12H,7-8H2,1-6H3. The number of hydrogen-bond acceptors (Lipinski definition) is 2. The Bertz CT molecular complexity index is 127. The maximum absolute atomic E-state index is 5.64. The second-order valence-electron chi connectivity index (χ2n) is 5.00. The maximum Gasteiger partial charge on any atom is 0.0594 e. The summed E-state index contributed by atoms with van der Waals surface area (Å²) >= 11 is 0. The van der Waals surface area contributed by atoms with Crippen molar-refractivity contribution in [3.8, 4) is 0 Å². The minimum Gasteiger partial charge on any atom is -0.377 e. The molecule has 0 aromatic carbocycles. The van der Waals surface area contributed by atoms with E-state index in [2.05, 4.69) is 46.9 Å². The average molecular weight is 187 g/mol. The molecule has 0 amide bonds. The molecule has 0 aliphatic carbocycles. The Morgan fingerprint density at radius 1 is 1.15 bits per heavy atom. The van der Waals surface area contributed by atoms with Gasteiger partial charge in [-0.05, 0) is 33.6 Å². The van der Waals surface area contributed by atoms with Gasteiger partial charge in [-0.2, -0.15) is 0 Å². The van der Waals surface area contributed by atoms with Crippen LogP contribution in [0.25, 0.3) is 0 Å². The van der Waals surface area contributed by atoms with Gasteiger partial charge in [-0.1, -0.05) is 13.8 Å². The van der Waals surface area contributed by atoms with Crippen molar-refractivity contribution in [1.82, 2.24) is 5.32 Å². The molecule has 80 valence electrons. The molecular formula is C11H25NO. The fraction of sp³-hybridized carbons (Fsp3) is 1.00. The number of nitrogens with one attached hydrogen (secondary N) is 1. The molecule has 2 nitrogen and oxygen atoms in total. The summed E-state index contributed by atoms with van der Waals surface area (Å²) < 4.78 is 5.64. The second-order valence-corrected chi connectivity index (χ2v) is 5.00. The first-order valence-corrected chi connectivity index (χ1v) is 5.19. The predicted octanol–water partition coefficient (Wildman–Crippen LogP) is 2.44. The van der Waals surface area contributed by atoms with Gasteiger partial charge in [-0.15, -0.1) is 0 Å². The van der Waals surface area contributed by atoms with Gasteiger partial charge in [-0.3, -0.25) is 0 Å². The smallest absolute Gasteiger partial charge is 0.0594 e. The van der Waals surface area contributed by atoms with Crippen LogP contribution >= 0.6 is 0 Å². The number of rotatable bonds is 5. The molecule has 1 unspecified atom stereocenters. The van der Waals surface area contributed by atoms with Gasteiger partial charge in [0.25, 0.3) is 0 Å². The highest BCUT2D eigenvalue weighted by Gasteiger charge is 2.09. The van der Waals surface area contributed by atoms with Crippen molar-refractivity contribution < 1.29 is 4.74 Å². The quantitative estimate of drug-likeness (QED) is 0.667. The van der Waals surface area contributed by atoms with E-state index in [4.69, 9.17) is 4.74 Å². The molecule has 1 N–H and O–H groups in total. The summed E-state index contributed by atoms with van der Waals surface area (Å²) in [7, 11) is 0. The van der Waals surface area contributed by atoms with E-state index >= 15 is 0 Å². The molecule has 0 fully saturated rings. The first-order chi connectivity index (χ1) is 5.83. The van der Waals surface area contributed by atoms with Crippen LogP contribution in [-0.2, 0) is 4.74 Å². The van der Waals surface area contributed by atoms with Gasteiger partial charge in [0.05, 0.1) is 12.7 Å². The summed E-state index contributed by atoms with van der Waals surface area (Å²) in [5, 5.41) is 3.39. The van der Waals surface area contributed by atoms with E-state index in [1.54, 1.807) is 0 Å². The molecule has 0 saturated heterocycles. The molecule has 0 bridgehead atoms. The predicted molar refractivity (Wildman–Crippen MR) is 58.0 cm³/mol. The van der Waals surface area contributed by atoms with Crippen molar-refractivity contribution in [2.24, 2.45) is 5.92 Å². The second kappa shape index (κ2) is 5.61. The van der Waals surface area contributed by atoms with Gasteiger partial charge in [0.2, 0.25) is 0 Å². The van der Waals surface area contributed by atoms with E-state index in [1.807, 2.05) is 0 Å². The molecule has 2 heteroatoms. The van der Waals surface area contributed by atoms with Crippen LogP contribution in [-0.4, -0.2) is 24.8 Å². The molecule has 13 heavy (non-hydrogen) atoms. The largest absolute Gasteiger partial charge is 0.377 e. The van der Waals surface area contributed by atoms with Crippen LogP contribution in [0.1, 0.15) is 41.5 Å². The molecule has 0 radical (unpaired) electrons. The van der Waals surface area contributed by atoms with E-state index in [0.29, 0.717) is 12.0 Å². The third-order valence-electron chi connectivity index (χ3n) is 2.08. The molecule has 0 aromatic rings. The van der Waals surface area contributed by atoms with Crippen LogP contribution in [0.2, 0.25) is 0 Å². The topological polar surface area (TPSA) is 21.3 Å². The van der Waals surface area contributed by atoms with Crippen LogP contribution in [0.5, 0.6) is 0 Å². The molecule has 0 rings (SSSR count). The van der Waals surface area contributed by atoms with Gasteiger partial charge in [0.15, 0.2) is 0 Å². The van der Waals surface area contributed by atoms with Crippen molar-refractivity contribution >= 4 is 0 Å². The van der Waals surface area contributed by atoms with Gasteiger partial charge >= 0.3 is 0 Å². The van der Waals surface area contributed by atoms with E-state index < -0.39 is 0 Å². The Labute approximate surface area is 83.1 Å². The zero-order chi connectivity index (χ0) is 10.5. The van der Waals surface area contributed by atoms with Gasteiger partial charge < -0.3 is 10.1 Å². The van der Waals surface area contributed by atoms with Gasteiger partial charge in [-0.25, -0.2) is 0 Å². The van der Waals surface area contributed by atoms with Crippen molar-refractivity contribution in [2.45, 2.75) is 53.2 Å². The maximum atomic E-state index is 5.64. The lowest BCUT2D eigenvalue weighted by Gasteiger charge is -2.22. The van der Waals surface area contributed by atoms with Crippen molar-refractivity contribution in [2.75, 3.05) is 13.2 Å². The van der Waals surface area contributed by atoms with E-state index in [0.717, 1.165) is 13.2 Å². The first kappa shape index (κ1) is 12.9. The third kappa shape index (κ3) is 8.26. The van der Waals surface area contributed by atoms with Crippen LogP contribution in [0.15, 0.2) is 0 Å². The lowest BCUT2D eigenvalue weighted by Crippen LogP contribution is -2.38. The summed E-state index contributed by atoms with van der Waals surface area (Å²) in [5.41, 5.74) is 0.199. The van der Waals surface area contributed by atoms with E-state index in [1.165, 1.54) is 0 Å². The van der Waals surface area contributed by atoms with E-state index in [9.17, 15) is 0 Å². The normalized spacial score (nSPS) is 15.0. The third-order valence-corrected chi connectivity index (χ3v) is 2.08. The summed E-state index contributed by atoms with van der Waals surface area (Å²) in [6, 6.07) is 0. The summed E-state index contributed by atoms with van der Waals surface area (Å²) in [5.74, 6) is 0.606. The fourth-order valence-electron chi connectivity index (χ4n) is 0.863. The average Bonchev–Trinajstić information content (AvgIpc) is 1.95. The zero-order valence-electron chi connectivity index (χ0n) is 9.98. The Kier molecular flexibility index (Phi) is 5.57. The summed E-state index contributed by atoms with van der Waals surface area (Å²) in [4.78, 5) is 0. The van der Waals surface area contributed by atoms with Gasteiger partial charge in [0.1, 0.15) is 0 Å². The molecule has 0 spiro atoms. The molecule has 1 atom stereocenters. The molecule has 0 heterocycles. The van der Waals surface area contributed by atoms with Crippen LogP contribution < -0.4 is 5.32 Å². The highest BCUT2D eigenvalue weighted by molar-refractivity contribution is 4.69. The lowest BCUT2D eigenvalue weighted by atomic mass is 10.1. The summed E-state index contributed by atoms with van der Waals surface area (Å²) in [6.07, 6.45) is 0.363. The molecule has 0 aliphatic heterocycles. The Morgan fingerprint density at radius 3 is 2.08 bits per heavy atom. The molecule has 0 saturated carbocycles. The minimum atomic E-state index is 0.199. The Balaban J connectivity index is 3.36. The monoisotopic (exact) mass is 187 g/mol. The van der Waals surface area contributed by atoms with Crippen LogP contribution in [0, 0.1) is 5.92 Å². The minimum absolute atomic E-state index is 0.199. The first-order valence-electron chi connectivity index (χ1n) is 5.19. The van der Waals surface area contributed by atoms with Crippen molar-refractivity contribution in [3.63, 3.8) is 0 Å². The molecular weight excluding hydrogens is 162 g/mol. The number of ether oxygens (including phenoxy) is 1. The lowest BCUT2D eigenvalue weighted by molar-refractivity contribution is 0.0352. The number of hydrogen-bond donors (Lipinski definition) is 1. The summed E-state index contributed by atoms with van der Waals surface area (Å²) in [6.45, 7) is 14.7. The Morgan fingerprint density at radius 2 is 1.69 bits per heavy atom. The van der Waals surface area contributed by atoms with Crippen molar-refractivity contribution in [3.05, 3.63) is 0 Å². The van der Waals surface area contributed by atoms with Crippen LogP contribution in [0.3, 0.4) is 0 Å².